The van der Waals surface area contributed by atoms with E-state index >= 15 is 0 Å². The molecule has 1 aliphatic heterocycles. The van der Waals surface area contributed by atoms with E-state index in [9.17, 15) is 19.2 Å². The lowest BCUT2D eigenvalue weighted by molar-refractivity contribution is -0.121. The van der Waals surface area contributed by atoms with Crippen molar-refractivity contribution in [3.63, 3.8) is 0 Å². The summed E-state index contributed by atoms with van der Waals surface area (Å²) in [5, 5.41) is 2.73. The molecule has 1 saturated heterocycles. The molecular weight excluding hydrogens is 360 g/mol. The van der Waals surface area contributed by atoms with Gasteiger partial charge < -0.3 is 10.1 Å². The highest BCUT2D eigenvalue weighted by Gasteiger charge is 2.30. The fourth-order valence-electron chi connectivity index (χ4n) is 2.96. The average Bonchev–Trinajstić information content (AvgIpc) is 3.05. The zero-order chi connectivity index (χ0) is 20.1. The Morgan fingerprint density at radius 1 is 1.00 bits per heavy atom. The number of carbonyl (C=O) groups is 4. The zero-order valence-electron chi connectivity index (χ0n) is 15.4. The monoisotopic (exact) mass is 380 g/mol. The quantitative estimate of drug-likeness (QED) is 0.614. The number of anilines is 2. The molecule has 0 aliphatic carbocycles. The minimum Gasteiger partial charge on any atom is -0.452 e. The lowest BCUT2D eigenvalue weighted by Crippen LogP contribution is -2.28. The summed E-state index contributed by atoms with van der Waals surface area (Å²) in [5.74, 6) is -1.61. The van der Waals surface area contributed by atoms with Gasteiger partial charge in [0.2, 0.25) is 11.8 Å². The van der Waals surface area contributed by atoms with Crippen LogP contribution in [-0.4, -0.2) is 30.3 Å². The van der Waals surface area contributed by atoms with Crippen molar-refractivity contribution >= 4 is 35.1 Å². The molecule has 7 heteroatoms. The first-order valence-electron chi connectivity index (χ1n) is 9.00. The van der Waals surface area contributed by atoms with Crippen LogP contribution in [0, 0.1) is 0 Å². The minimum atomic E-state index is -0.662. The Balaban J connectivity index is 1.57. The molecule has 1 N–H and O–H groups in total. The van der Waals surface area contributed by atoms with E-state index < -0.39 is 18.5 Å². The van der Waals surface area contributed by atoms with Gasteiger partial charge in [0, 0.05) is 18.5 Å². The lowest BCUT2D eigenvalue weighted by atomic mass is 10.1. The summed E-state index contributed by atoms with van der Waals surface area (Å²) in [6.45, 7) is 1.57. The Morgan fingerprint density at radius 3 is 2.29 bits per heavy atom. The maximum absolute atomic E-state index is 12.1. The summed E-state index contributed by atoms with van der Waals surface area (Å²) < 4.78 is 5.04. The van der Waals surface area contributed by atoms with Crippen molar-refractivity contribution in [1.82, 2.24) is 0 Å². The number of aryl methyl sites for hydroxylation is 1. The van der Waals surface area contributed by atoms with Crippen molar-refractivity contribution in [3.8, 4) is 0 Å². The van der Waals surface area contributed by atoms with Gasteiger partial charge in [-0.15, -0.1) is 0 Å². The van der Waals surface area contributed by atoms with E-state index in [1.807, 2.05) is 25.1 Å². The molecule has 0 atom stereocenters. The molecular formula is C21H20N2O5. The van der Waals surface area contributed by atoms with Crippen LogP contribution in [0.1, 0.15) is 35.7 Å². The number of hydrogen-bond acceptors (Lipinski definition) is 5. The third-order valence-electron chi connectivity index (χ3n) is 4.42. The van der Waals surface area contributed by atoms with Gasteiger partial charge in [-0.05, 0) is 42.3 Å². The van der Waals surface area contributed by atoms with Crippen LogP contribution in [0.4, 0.5) is 11.4 Å². The summed E-state index contributed by atoms with van der Waals surface area (Å²) in [6.07, 6.45) is 1.16. The fourth-order valence-corrected chi connectivity index (χ4v) is 2.96. The summed E-state index contributed by atoms with van der Waals surface area (Å²) in [4.78, 5) is 48.8. The molecule has 2 aromatic rings. The summed E-state index contributed by atoms with van der Waals surface area (Å²) in [7, 11) is 0. The number of para-hydroxylation sites is 1. The smallest absolute Gasteiger partial charge is 0.338 e. The van der Waals surface area contributed by atoms with Crippen LogP contribution in [0.5, 0.6) is 0 Å². The summed E-state index contributed by atoms with van der Waals surface area (Å²) in [6, 6.07) is 13.4. The van der Waals surface area contributed by atoms with Crippen LogP contribution in [0.2, 0.25) is 0 Å². The molecule has 3 rings (SSSR count). The number of carbonyl (C=O) groups excluding carboxylic acids is 4. The molecule has 0 spiro atoms. The Kier molecular flexibility index (Phi) is 5.84. The number of rotatable bonds is 6. The van der Waals surface area contributed by atoms with Gasteiger partial charge in [0.05, 0.1) is 11.3 Å². The Hall–Kier alpha value is -3.48. The third-order valence-corrected chi connectivity index (χ3v) is 4.42. The number of nitrogens with zero attached hydrogens (tertiary/aromatic N) is 1. The van der Waals surface area contributed by atoms with Gasteiger partial charge in [-0.25, -0.2) is 4.79 Å². The van der Waals surface area contributed by atoms with E-state index in [4.69, 9.17) is 4.74 Å². The molecule has 1 aliphatic rings. The van der Waals surface area contributed by atoms with Gasteiger partial charge in [-0.3, -0.25) is 19.3 Å². The first-order chi connectivity index (χ1) is 13.5. The maximum Gasteiger partial charge on any atom is 0.338 e. The van der Waals surface area contributed by atoms with Crippen LogP contribution in [0.25, 0.3) is 0 Å². The number of nitrogens with one attached hydrogen (secondary N) is 1. The van der Waals surface area contributed by atoms with Crippen LogP contribution in [-0.2, 0) is 25.5 Å². The largest absolute Gasteiger partial charge is 0.452 e. The van der Waals surface area contributed by atoms with Gasteiger partial charge in [-0.2, -0.15) is 0 Å². The third kappa shape index (κ3) is 4.25. The number of hydrogen-bond donors (Lipinski definition) is 1. The SMILES string of the molecule is CCc1ccccc1NC(=O)COC(=O)c1ccc(N2C(=O)CCC2=O)cc1. The number of esters is 1. The molecule has 0 radical (unpaired) electrons. The van der Waals surface area contributed by atoms with E-state index in [1.165, 1.54) is 24.3 Å². The van der Waals surface area contributed by atoms with Crippen molar-refractivity contribution in [2.45, 2.75) is 26.2 Å². The summed E-state index contributed by atoms with van der Waals surface area (Å²) >= 11 is 0. The van der Waals surface area contributed by atoms with Crippen LogP contribution >= 0.6 is 0 Å². The second-order valence-corrected chi connectivity index (χ2v) is 6.30. The highest BCUT2D eigenvalue weighted by atomic mass is 16.5. The maximum atomic E-state index is 12.1. The zero-order valence-corrected chi connectivity index (χ0v) is 15.4. The standard InChI is InChI=1S/C21H20N2O5/c1-2-14-5-3-4-6-17(14)22-18(24)13-28-21(27)15-7-9-16(10-8-15)23-19(25)11-12-20(23)26/h3-10H,2,11-13H2,1H3,(H,22,24). The second kappa shape index (κ2) is 8.47. The first-order valence-corrected chi connectivity index (χ1v) is 9.00. The number of imide groups is 1. The van der Waals surface area contributed by atoms with Gasteiger partial charge in [0.1, 0.15) is 0 Å². The Labute approximate surface area is 162 Å². The highest BCUT2D eigenvalue weighted by Crippen LogP contribution is 2.23. The van der Waals surface area contributed by atoms with Gasteiger partial charge >= 0.3 is 5.97 Å². The molecule has 7 nitrogen and oxygen atoms in total. The van der Waals surface area contributed by atoms with E-state index in [1.54, 1.807) is 6.07 Å². The van der Waals surface area contributed by atoms with Crippen LogP contribution in [0.15, 0.2) is 48.5 Å². The topological polar surface area (TPSA) is 92.8 Å². The van der Waals surface area contributed by atoms with Crippen molar-refractivity contribution in [2.24, 2.45) is 0 Å². The van der Waals surface area contributed by atoms with E-state index in [0.29, 0.717) is 11.4 Å². The average molecular weight is 380 g/mol. The summed E-state index contributed by atoms with van der Waals surface area (Å²) in [5.41, 5.74) is 2.32. The number of amides is 3. The molecule has 0 unspecified atom stereocenters. The molecule has 28 heavy (non-hydrogen) atoms. The normalized spacial score (nSPS) is 13.5. The fraction of sp³-hybridized carbons (Fsp3) is 0.238. The van der Waals surface area contributed by atoms with E-state index in [-0.39, 0.29) is 30.2 Å². The van der Waals surface area contributed by atoms with Crippen LogP contribution < -0.4 is 10.2 Å². The molecule has 1 heterocycles. The molecule has 144 valence electrons. The molecule has 3 amide bonds. The molecule has 0 saturated carbocycles. The second-order valence-electron chi connectivity index (χ2n) is 6.30. The molecule has 1 fully saturated rings. The Morgan fingerprint density at radius 2 is 1.64 bits per heavy atom. The van der Waals surface area contributed by atoms with Gasteiger partial charge in [0.15, 0.2) is 6.61 Å². The predicted molar refractivity (Wildman–Crippen MR) is 103 cm³/mol. The van der Waals surface area contributed by atoms with E-state index in [0.717, 1.165) is 16.9 Å². The van der Waals surface area contributed by atoms with Crippen LogP contribution in [0.3, 0.4) is 0 Å². The van der Waals surface area contributed by atoms with Crippen molar-refractivity contribution < 1.29 is 23.9 Å². The van der Waals surface area contributed by atoms with Gasteiger partial charge in [-0.1, -0.05) is 25.1 Å². The Bertz CT molecular complexity index is 905. The van der Waals surface area contributed by atoms with E-state index in [2.05, 4.69) is 5.32 Å². The molecule has 0 bridgehead atoms. The lowest BCUT2D eigenvalue weighted by Gasteiger charge is -2.14. The number of benzene rings is 2. The van der Waals surface area contributed by atoms with Crippen molar-refractivity contribution in [1.29, 1.82) is 0 Å². The van der Waals surface area contributed by atoms with Crippen molar-refractivity contribution in [3.05, 3.63) is 59.7 Å². The minimum absolute atomic E-state index is 0.193. The van der Waals surface area contributed by atoms with Crippen molar-refractivity contribution in [2.75, 3.05) is 16.8 Å². The highest BCUT2D eigenvalue weighted by molar-refractivity contribution is 6.19. The molecule has 2 aromatic carbocycles. The predicted octanol–water partition coefficient (Wildman–Crippen LogP) is 2.70. The number of ether oxygens (including phenoxy) is 1. The first kappa shape index (κ1) is 19.3. The molecule has 0 aromatic heterocycles. The van der Waals surface area contributed by atoms with Gasteiger partial charge in [0.25, 0.3) is 5.91 Å².